The van der Waals surface area contributed by atoms with Gasteiger partial charge in [0.15, 0.2) is 17.3 Å². The second kappa shape index (κ2) is 4.65. The molecule has 0 spiro atoms. The van der Waals surface area contributed by atoms with Gasteiger partial charge in [-0.2, -0.15) is 0 Å². The van der Waals surface area contributed by atoms with Crippen molar-refractivity contribution < 1.29 is 19.4 Å². The van der Waals surface area contributed by atoms with Crippen molar-refractivity contribution in [1.82, 2.24) is 0 Å². The average Bonchev–Trinajstić information content (AvgIpc) is 2.46. The highest BCUT2D eigenvalue weighted by molar-refractivity contribution is 6.09. The number of hydrogen-bond donors (Lipinski definition) is 1. The molecule has 0 saturated carbocycles. The van der Waals surface area contributed by atoms with Crippen LogP contribution in [-0.4, -0.2) is 24.1 Å². The molecule has 0 radical (unpaired) electrons. The number of ether oxygens (including phenoxy) is 2. The molecule has 19 heavy (non-hydrogen) atoms. The number of rotatable bonds is 2. The molecule has 0 aliphatic carbocycles. The molecule has 0 atom stereocenters. The van der Waals surface area contributed by atoms with E-state index >= 15 is 0 Å². The van der Waals surface area contributed by atoms with Crippen molar-refractivity contribution in [3.63, 3.8) is 0 Å². The molecule has 0 amide bonds. The van der Waals surface area contributed by atoms with Crippen LogP contribution < -0.4 is 9.47 Å². The second-order valence-electron chi connectivity index (χ2n) is 4.24. The summed E-state index contributed by atoms with van der Waals surface area (Å²) in [6, 6.07) is 11.4. The van der Waals surface area contributed by atoms with Crippen molar-refractivity contribution in [3.05, 3.63) is 53.6 Å². The molecular weight excluding hydrogens is 244 g/mol. The molecule has 4 nitrogen and oxygen atoms in total. The molecule has 0 unspecified atom stereocenters. The van der Waals surface area contributed by atoms with Crippen molar-refractivity contribution in [2.24, 2.45) is 0 Å². The van der Waals surface area contributed by atoms with Gasteiger partial charge >= 0.3 is 0 Å². The number of fused-ring (bicyclic) bond motifs is 1. The Kier molecular flexibility index (Phi) is 2.83. The second-order valence-corrected chi connectivity index (χ2v) is 4.24. The van der Waals surface area contributed by atoms with Crippen LogP contribution in [-0.2, 0) is 0 Å². The standard InChI is InChI=1S/C15H12O4/c16-12-3-1-2-10(8-12)15(17)11-4-5-13-14(9-11)19-7-6-18-13/h1-5,8-9,16H,6-7H2. The first kappa shape index (κ1) is 11.6. The van der Waals surface area contributed by atoms with Gasteiger partial charge in [0.2, 0.25) is 0 Å². The monoisotopic (exact) mass is 256 g/mol. The van der Waals surface area contributed by atoms with Crippen molar-refractivity contribution in [2.45, 2.75) is 0 Å². The number of carbonyl (C=O) groups is 1. The Hall–Kier alpha value is -2.49. The van der Waals surface area contributed by atoms with Gasteiger partial charge in [0, 0.05) is 11.1 Å². The lowest BCUT2D eigenvalue weighted by Gasteiger charge is -2.18. The third-order valence-electron chi connectivity index (χ3n) is 2.91. The van der Waals surface area contributed by atoms with Crippen LogP contribution in [0.2, 0.25) is 0 Å². The van der Waals surface area contributed by atoms with Gasteiger partial charge in [-0.1, -0.05) is 12.1 Å². The summed E-state index contributed by atoms with van der Waals surface area (Å²) in [4.78, 5) is 12.3. The van der Waals surface area contributed by atoms with E-state index in [1.807, 2.05) is 0 Å². The van der Waals surface area contributed by atoms with Crippen LogP contribution in [0.5, 0.6) is 17.2 Å². The maximum Gasteiger partial charge on any atom is 0.193 e. The van der Waals surface area contributed by atoms with Crippen LogP contribution >= 0.6 is 0 Å². The average molecular weight is 256 g/mol. The summed E-state index contributed by atoms with van der Waals surface area (Å²) in [5.74, 6) is 1.15. The van der Waals surface area contributed by atoms with Crippen molar-refractivity contribution in [2.75, 3.05) is 13.2 Å². The van der Waals surface area contributed by atoms with Crippen molar-refractivity contribution in [1.29, 1.82) is 0 Å². The van der Waals surface area contributed by atoms with Crippen LogP contribution in [0, 0.1) is 0 Å². The summed E-state index contributed by atoms with van der Waals surface area (Å²) in [5, 5.41) is 9.40. The number of ketones is 1. The van der Waals surface area contributed by atoms with E-state index in [9.17, 15) is 9.90 Å². The van der Waals surface area contributed by atoms with Gasteiger partial charge in [0.25, 0.3) is 0 Å². The van der Waals surface area contributed by atoms with E-state index in [1.54, 1.807) is 30.3 Å². The highest BCUT2D eigenvalue weighted by atomic mass is 16.6. The fourth-order valence-electron chi connectivity index (χ4n) is 2.00. The molecule has 0 fully saturated rings. The highest BCUT2D eigenvalue weighted by Gasteiger charge is 2.16. The van der Waals surface area contributed by atoms with E-state index in [0.29, 0.717) is 35.8 Å². The third kappa shape index (κ3) is 2.25. The molecule has 96 valence electrons. The van der Waals surface area contributed by atoms with E-state index in [-0.39, 0.29) is 11.5 Å². The summed E-state index contributed by atoms with van der Waals surface area (Å²) in [6.07, 6.45) is 0. The Morgan fingerprint density at radius 3 is 2.47 bits per heavy atom. The molecule has 1 heterocycles. The molecule has 3 rings (SSSR count). The van der Waals surface area contributed by atoms with Gasteiger partial charge in [-0.25, -0.2) is 0 Å². The van der Waals surface area contributed by atoms with Gasteiger partial charge in [-0.05, 0) is 30.3 Å². The zero-order valence-corrected chi connectivity index (χ0v) is 10.1. The quantitative estimate of drug-likeness (QED) is 0.838. The van der Waals surface area contributed by atoms with Crippen molar-refractivity contribution in [3.8, 4) is 17.2 Å². The van der Waals surface area contributed by atoms with E-state index in [0.717, 1.165) is 0 Å². The summed E-state index contributed by atoms with van der Waals surface area (Å²) >= 11 is 0. The van der Waals surface area contributed by atoms with E-state index in [2.05, 4.69) is 0 Å². The molecule has 1 N–H and O–H groups in total. The molecule has 0 saturated heterocycles. The van der Waals surface area contributed by atoms with Gasteiger partial charge in [-0.15, -0.1) is 0 Å². The first-order chi connectivity index (χ1) is 9.24. The number of phenolic OH excluding ortho intramolecular Hbond substituents is 1. The molecule has 2 aromatic rings. The number of aromatic hydroxyl groups is 1. The summed E-state index contributed by atoms with van der Waals surface area (Å²) < 4.78 is 10.9. The minimum Gasteiger partial charge on any atom is -0.508 e. The Morgan fingerprint density at radius 2 is 1.68 bits per heavy atom. The van der Waals surface area contributed by atoms with Gasteiger partial charge < -0.3 is 14.6 Å². The predicted molar refractivity (Wildman–Crippen MR) is 69.0 cm³/mol. The maximum absolute atomic E-state index is 12.3. The summed E-state index contributed by atoms with van der Waals surface area (Å²) in [7, 11) is 0. The zero-order valence-electron chi connectivity index (χ0n) is 10.1. The lowest BCUT2D eigenvalue weighted by atomic mass is 10.0. The molecule has 2 aromatic carbocycles. The lowest BCUT2D eigenvalue weighted by Crippen LogP contribution is -2.15. The number of phenols is 1. The lowest BCUT2D eigenvalue weighted by molar-refractivity contribution is 0.103. The zero-order chi connectivity index (χ0) is 13.2. The van der Waals surface area contributed by atoms with E-state index in [4.69, 9.17) is 9.47 Å². The molecular formula is C15H12O4. The summed E-state index contributed by atoms with van der Waals surface area (Å²) in [6.45, 7) is 1.00. The van der Waals surface area contributed by atoms with Crippen LogP contribution in [0.3, 0.4) is 0 Å². The van der Waals surface area contributed by atoms with Crippen LogP contribution in [0.15, 0.2) is 42.5 Å². The minimum absolute atomic E-state index is 0.0726. The normalized spacial score (nSPS) is 13.1. The van der Waals surface area contributed by atoms with E-state index in [1.165, 1.54) is 12.1 Å². The SMILES string of the molecule is O=C(c1cccc(O)c1)c1ccc2c(c1)OCCO2. The number of hydrogen-bond acceptors (Lipinski definition) is 4. The fourth-order valence-corrected chi connectivity index (χ4v) is 2.00. The highest BCUT2D eigenvalue weighted by Crippen LogP contribution is 2.31. The largest absolute Gasteiger partial charge is 0.508 e. The Morgan fingerprint density at radius 1 is 0.947 bits per heavy atom. The first-order valence-electron chi connectivity index (χ1n) is 5.97. The Bertz CT molecular complexity index is 634. The number of benzene rings is 2. The third-order valence-corrected chi connectivity index (χ3v) is 2.91. The molecule has 0 bridgehead atoms. The predicted octanol–water partition coefficient (Wildman–Crippen LogP) is 2.39. The van der Waals surface area contributed by atoms with Crippen LogP contribution in [0.1, 0.15) is 15.9 Å². The Labute approximate surface area is 110 Å². The van der Waals surface area contributed by atoms with Gasteiger partial charge in [0.05, 0.1) is 0 Å². The topological polar surface area (TPSA) is 55.8 Å². The van der Waals surface area contributed by atoms with E-state index < -0.39 is 0 Å². The molecule has 1 aliphatic rings. The molecule has 1 aliphatic heterocycles. The number of carbonyl (C=O) groups excluding carboxylic acids is 1. The van der Waals surface area contributed by atoms with Gasteiger partial charge in [0.1, 0.15) is 19.0 Å². The fraction of sp³-hybridized carbons (Fsp3) is 0.133. The molecule has 4 heteroatoms. The molecule has 0 aromatic heterocycles. The van der Waals surface area contributed by atoms with Gasteiger partial charge in [-0.3, -0.25) is 4.79 Å². The first-order valence-corrected chi connectivity index (χ1v) is 5.97. The van der Waals surface area contributed by atoms with Crippen LogP contribution in [0.25, 0.3) is 0 Å². The summed E-state index contributed by atoms with van der Waals surface area (Å²) in [5.41, 5.74) is 0.950. The van der Waals surface area contributed by atoms with Crippen LogP contribution in [0.4, 0.5) is 0 Å². The smallest absolute Gasteiger partial charge is 0.193 e. The minimum atomic E-state index is -0.159. The van der Waals surface area contributed by atoms with Crippen molar-refractivity contribution >= 4 is 5.78 Å². The maximum atomic E-state index is 12.3. The Balaban J connectivity index is 1.96.